The largest absolute Gasteiger partial charge is 0.253 e. The quantitative estimate of drug-likeness (QED) is 0.456. The molecule has 0 spiro atoms. The van der Waals surface area contributed by atoms with Gasteiger partial charge in [0, 0.05) is 16.0 Å². The minimum Gasteiger partial charge on any atom is -0.253 e. The van der Waals surface area contributed by atoms with Gasteiger partial charge in [0.2, 0.25) is 0 Å². The Kier molecular flexibility index (Phi) is 3.50. The highest BCUT2D eigenvalue weighted by molar-refractivity contribution is 7.85. The van der Waals surface area contributed by atoms with Crippen LogP contribution in [0.15, 0.2) is 83.8 Å². The van der Waals surface area contributed by atoms with Crippen LogP contribution < -0.4 is 0 Å². The van der Waals surface area contributed by atoms with Crippen LogP contribution in [0.4, 0.5) is 0 Å². The van der Waals surface area contributed by atoms with E-state index in [1.165, 1.54) is 0 Å². The van der Waals surface area contributed by atoms with Gasteiger partial charge in [-0.2, -0.15) is 0 Å². The second kappa shape index (κ2) is 5.89. The lowest BCUT2D eigenvalue weighted by Crippen LogP contribution is -2.16. The molecule has 2 nitrogen and oxygen atoms in total. The first kappa shape index (κ1) is 15.5. The topological polar surface area (TPSA) is 30.0 Å². The van der Waals surface area contributed by atoms with E-state index in [9.17, 15) is 4.21 Å². The molecule has 0 bridgehead atoms. The van der Waals surface area contributed by atoms with Crippen LogP contribution in [0.1, 0.15) is 22.1 Å². The summed E-state index contributed by atoms with van der Waals surface area (Å²) in [4.78, 5) is 5.68. The average Bonchev–Trinajstić information content (AvgIpc) is 2.68. The number of aryl methyl sites for hydroxylation is 1. The van der Waals surface area contributed by atoms with Gasteiger partial charge in [0.1, 0.15) is 0 Å². The fraction of sp³-hybridized carbons (Fsp3) is 0.0870. The number of aromatic nitrogens is 1. The van der Waals surface area contributed by atoms with Gasteiger partial charge in [-0.3, -0.25) is 9.19 Å². The van der Waals surface area contributed by atoms with Crippen molar-refractivity contribution < 1.29 is 4.21 Å². The monoisotopic (exact) mass is 355 g/mol. The maximum atomic E-state index is 13.6. The molecular weight excluding hydrogens is 338 g/mol. The Labute approximate surface area is 155 Å². The lowest BCUT2D eigenvalue weighted by Gasteiger charge is -2.28. The highest BCUT2D eigenvalue weighted by Crippen LogP contribution is 2.46. The first-order valence-corrected chi connectivity index (χ1v) is 9.90. The number of fused-ring (bicyclic) bond motifs is 4. The van der Waals surface area contributed by atoms with E-state index in [2.05, 4.69) is 36.4 Å². The minimum absolute atomic E-state index is 0.209. The van der Waals surface area contributed by atoms with Crippen LogP contribution >= 0.6 is 0 Å². The maximum absolute atomic E-state index is 13.6. The molecule has 0 N–H and O–H groups in total. The zero-order valence-electron chi connectivity index (χ0n) is 14.3. The smallest absolute Gasteiger partial charge is 0.0920 e. The minimum atomic E-state index is -1.17. The van der Waals surface area contributed by atoms with Crippen molar-refractivity contribution in [3.05, 3.63) is 95.7 Å². The van der Waals surface area contributed by atoms with E-state index >= 15 is 0 Å². The van der Waals surface area contributed by atoms with E-state index in [0.717, 1.165) is 43.7 Å². The molecule has 0 fully saturated rings. The van der Waals surface area contributed by atoms with Gasteiger partial charge in [0.25, 0.3) is 0 Å². The molecule has 5 rings (SSSR count). The lowest BCUT2D eigenvalue weighted by atomic mass is 9.93. The molecule has 1 aromatic heterocycles. The molecule has 4 aromatic rings. The highest BCUT2D eigenvalue weighted by Gasteiger charge is 2.33. The first-order valence-electron chi connectivity index (χ1n) is 8.69. The van der Waals surface area contributed by atoms with Crippen LogP contribution in [0.25, 0.3) is 22.0 Å². The fourth-order valence-corrected chi connectivity index (χ4v) is 5.56. The molecular formula is C23H17NOS. The Morgan fingerprint density at radius 3 is 2.38 bits per heavy atom. The van der Waals surface area contributed by atoms with E-state index in [4.69, 9.17) is 4.98 Å². The van der Waals surface area contributed by atoms with Crippen LogP contribution in [0.5, 0.6) is 0 Å². The number of nitrogens with zero attached hydrogens (tertiary/aromatic N) is 1. The molecule has 2 atom stereocenters. The van der Waals surface area contributed by atoms with Crippen molar-refractivity contribution in [2.45, 2.75) is 17.1 Å². The lowest BCUT2D eigenvalue weighted by molar-refractivity contribution is 0.677. The standard InChI is InChI=1S/C23H17NOS/c1-15-13-14-16-7-6-11-20(22(16)24-15)23-19-10-3-2-8-17(19)18-9-4-5-12-21(18)26(23)25/h2-14,23H,1H3. The van der Waals surface area contributed by atoms with E-state index < -0.39 is 10.8 Å². The summed E-state index contributed by atoms with van der Waals surface area (Å²) >= 11 is 0. The Morgan fingerprint density at radius 2 is 1.50 bits per heavy atom. The van der Waals surface area contributed by atoms with Gasteiger partial charge >= 0.3 is 0 Å². The SMILES string of the molecule is Cc1ccc2cccc(C3c4ccccc4-c4ccccc4S3=O)c2n1. The van der Waals surface area contributed by atoms with Gasteiger partial charge in [-0.1, -0.05) is 66.7 Å². The molecule has 126 valence electrons. The number of benzene rings is 3. The van der Waals surface area contributed by atoms with Crippen molar-refractivity contribution in [3.8, 4) is 11.1 Å². The Bertz CT molecular complexity index is 1180. The van der Waals surface area contributed by atoms with E-state index in [1.807, 2.05) is 49.4 Å². The molecule has 0 saturated heterocycles. The highest BCUT2D eigenvalue weighted by atomic mass is 32.2. The molecule has 3 aromatic carbocycles. The molecule has 1 aliphatic rings. The van der Waals surface area contributed by atoms with Crippen molar-refractivity contribution >= 4 is 21.7 Å². The van der Waals surface area contributed by atoms with Gasteiger partial charge in [-0.05, 0) is 41.3 Å². The number of hydrogen-bond acceptors (Lipinski definition) is 2. The van der Waals surface area contributed by atoms with Crippen molar-refractivity contribution in [1.29, 1.82) is 0 Å². The van der Waals surface area contributed by atoms with Crippen molar-refractivity contribution in [2.75, 3.05) is 0 Å². The van der Waals surface area contributed by atoms with Gasteiger partial charge in [0.15, 0.2) is 0 Å². The fourth-order valence-electron chi connectivity index (χ4n) is 3.84. The van der Waals surface area contributed by atoms with Gasteiger partial charge in [-0.25, -0.2) is 0 Å². The third-order valence-corrected chi connectivity index (χ3v) is 6.75. The van der Waals surface area contributed by atoms with Crippen molar-refractivity contribution in [2.24, 2.45) is 0 Å². The zero-order chi connectivity index (χ0) is 17.7. The number of hydrogen-bond donors (Lipinski definition) is 0. The van der Waals surface area contributed by atoms with Gasteiger partial charge in [-0.15, -0.1) is 0 Å². The van der Waals surface area contributed by atoms with E-state index in [1.54, 1.807) is 0 Å². The molecule has 26 heavy (non-hydrogen) atoms. The summed E-state index contributed by atoms with van der Waals surface area (Å²) in [6.45, 7) is 2.00. The summed E-state index contributed by atoms with van der Waals surface area (Å²) in [6.07, 6.45) is 0. The average molecular weight is 355 g/mol. The summed E-state index contributed by atoms with van der Waals surface area (Å²) in [7, 11) is -1.17. The van der Waals surface area contributed by atoms with Gasteiger partial charge in [0.05, 0.1) is 21.6 Å². The summed E-state index contributed by atoms with van der Waals surface area (Å²) in [5, 5.41) is 0.875. The summed E-state index contributed by atoms with van der Waals surface area (Å²) in [6, 6.07) is 26.6. The van der Waals surface area contributed by atoms with Crippen LogP contribution in [-0.4, -0.2) is 9.19 Å². The maximum Gasteiger partial charge on any atom is 0.0920 e. The second-order valence-electron chi connectivity index (χ2n) is 6.63. The van der Waals surface area contributed by atoms with Crippen LogP contribution in [0.2, 0.25) is 0 Å². The molecule has 0 radical (unpaired) electrons. The van der Waals surface area contributed by atoms with Crippen LogP contribution in [-0.2, 0) is 10.8 Å². The molecule has 2 heterocycles. The predicted molar refractivity (Wildman–Crippen MR) is 107 cm³/mol. The van der Waals surface area contributed by atoms with Gasteiger partial charge < -0.3 is 0 Å². The summed E-state index contributed by atoms with van der Waals surface area (Å²) in [5.74, 6) is 0. The van der Waals surface area contributed by atoms with E-state index in [-0.39, 0.29) is 5.25 Å². The van der Waals surface area contributed by atoms with Crippen LogP contribution in [0, 0.1) is 6.92 Å². The molecule has 0 amide bonds. The summed E-state index contributed by atoms with van der Waals surface area (Å²) < 4.78 is 13.6. The third kappa shape index (κ3) is 2.24. The molecule has 0 aliphatic carbocycles. The number of para-hydroxylation sites is 1. The Hall–Kier alpha value is -2.78. The Balaban J connectivity index is 1.84. The predicted octanol–water partition coefficient (Wildman–Crippen LogP) is 5.42. The van der Waals surface area contributed by atoms with Crippen LogP contribution in [0.3, 0.4) is 0 Å². The van der Waals surface area contributed by atoms with Crippen molar-refractivity contribution in [3.63, 3.8) is 0 Å². The van der Waals surface area contributed by atoms with E-state index in [0.29, 0.717) is 0 Å². The molecule has 3 heteroatoms. The molecule has 2 unspecified atom stereocenters. The summed E-state index contributed by atoms with van der Waals surface area (Å²) in [5.41, 5.74) is 6.30. The molecule has 0 saturated carbocycles. The first-order chi connectivity index (χ1) is 12.7. The Morgan fingerprint density at radius 1 is 0.769 bits per heavy atom. The molecule has 1 aliphatic heterocycles. The zero-order valence-corrected chi connectivity index (χ0v) is 15.2. The number of pyridine rings is 1. The second-order valence-corrected chi connectivity index (χ2v) is 8.14. The number of rotatable bonds is 1. The van der Waals surface area contributed by atoms with Crippen molar-refractivity contribution in [1.82, 2.24) is 4.98 Å². The third-order valence-electron chi connectivity index (χ3n) is 5.02. The normalized spacial score (nSPS) is 18.3.